The molecule has 0 aromatic rings. The first kappa shape index (κ1) is 18.4. The number of carbonyl (C=O) groups excluding carboxylic acids is 2. The van der Waals surface area contributed by atoms with E-state index in [-0.39, 0.29) is 5.57 Å². The SMILES string of the molecule is C=C(C)C(=O)OCCOC(=O)C(F)(C(C)C)C(F)(F)F. The highest BCUT2D eigenvalue weighted by molar-refractivity contribution is 5.87. The van der Waals surface area contributed by atoms with Crippen molar-refractivity contribution >= 4 is 11.9 Å². The molecule has 0 rings (SSSR count). The van der Waals surface area contributed by atoms with Crippen molar-refractivity contribution in [3.63, 3.8) is 0 Å². The van der Waals surface area contributed by atoms with Crippen LogP contribution in [0.5, 0.6) is 0 Å². The third-order valence-electron chi connectivity index (χ3n) is 2.40. The molecule has 4 nitrogen and oxygen atoms in total. The van der Waals surface area contributed by atoms with E-state index in [2.05, 4.69) is 16.1 Å². The van der Waals surface area contributed by atoms with Crippen molar-refractivity contribution in [1.82, 2.24) is 0 Å². The summed E-state index contributed by atoms with van der Waals surface area (Å²) in [6.45, 7) is 5.31. The molecule has 0 saturated carbocycles. The van der Waals surface area contributed by atoms with Gasteiger partial charge in [-0.2, -0.15) is 13.2 Å². The van der Waals surface area contributed by atoms with Gasteiger partial charge in [0, 0.05) is 11.5 Å². The van der Waals surface area contributed by atoms with Gasteiger partial charge in [0.05, 0.1) is 0 Å². The van der Waals surface area contributed by atoms with Crippen LogP contribution in [0.3, 0.4) is 0 Å². The molecule has 0 amide bonds. The zero-order valence-corrected chi connectivity index (χ0v) is 11.3. The summed E-state index contributed by atoms with van der Waals surface area (Å²) in [7, 11) is 0. The Morgan fingerprint density at radius 1 is 1.10 bits per heavy atom. The van der Waals surface area contributed by atoms with Gasteiger partial charge in [-0.1, -0.05) is 20.4 Å². The largest absolute Gasteiger partial charge is 0.459 e. The Morgan fingerprint density at radius 2 is 1.55 bits per heavy atom. The second kappa shape index (κ2) is 6.71. The van der Waals surface area contributed by atoms with E-state index in [1.807, 2.05) is 0 Å². The molecule has 0 fully saturated rings. The Labute approximate surface area is 113 Å². The van der Waals surface area contributed by atoms with Crippen LogP contribution in [0, 0.1) is 5.92 Å². The van der Waals surface area contributed by atoms with E-state index in [4.69, 9.17) is 0 Å². The number of esters is 2. The molecule has 0 saturated heterocycles. The minimum atomic E-state index is -5.38. The number of ether oxygens (including phenoxy) is 2. The summed E-state index contributed by atoms with van der Waals surface area (Å²) in [5.41, 5.74) is -4.01. The molecule has 0 aliphatic rings. The van der Waals surface area contributed by atoms with Gasteiger partial charge in [0.1, 0.15) is 13.2 Å². The average molecular weight is 300 g/mol. The monoisotopic (exact) mass is 300 g/mol. The maximum atomic E-state index is 13.8. The molecule has 0 radical (unpaired) electrons. The molecule has 20 heavy (non-hydrogen) atoms. The lowest BCUT2D eigenvalue weighted by Gasteiger charge is -2.28. The molecule has 0 aliphatic carbocycles. The molecular weight excluding hydrogens is 284 g/mol. The van der Waals surface area contributed by atoms with Crippen LogP contribution in [0.25, 0.3) is 0 Å². The van der Waals surface area contributed by atoms with Gasteiger partial charge >= 0.3 is 23.8 Å². The maximum Gasteiger partial charge on any atom is 0.433 e. The summed E-state index contributed by atoms with van der Waals surface area (Å²) in [5, 5.41) is 0. The van der Waals surface area contributed by atoms with Crippen LogP contribution in [0.15, 0.2) is 12.2 Å². The molecule has 0 aromatic heterocycles. The molecule has 0 aromatic carbocycles. The van der Waals surface area contributed by atoms with Crippen molar-refractivity contribution in [3.05, 3.63) is 12.2 Å². The molecule has 0 aliphatic heterocycles. The van der Waals surface area contributed by atoms with Gasteiger partial charge in [0.2, 0.25) is 0 Å². The lowest BCUT2D eigenvalue weighted by atomic mass is 9.92. The topological polar surface area (TPSA) is 52.6 Å². The number of rotatable bonds is 6. The first-order chi connectivity index (χ1) is 8.94. The van der Waals surface area contributed by atoms with Gasteiger partial charge in [-0.3, -0.25) is 0 Å². The highest BCUT2D eigenvalue weighted by Gasteiger charge is 2.65. The Balaban J connectivity index is 4.52. The minimum Gasteiger partial charge on any atom is -0.459 e. The standard InChI is InChI=1S/C12H16F4O4/c1-7(2)9(17)19-5-6-20-10(18)11(13,8(3)4)12(14,15)16/h8H,1,5-6H2,2-4H3. The first-order valence-corrected chi connectivity index (χ1v) is 5.70. The zero-order valence-electron chi connectivity index (χ0n) is 11.3. The van der Waals surface area contributed by atoms with Crippen LogP contribution in [-0.2, 0) is 19.1 Å². The van der Waals surface area contributed by atoms with Crippen molar-refractivity contribution in [2.45, 2.75) is 32.6 Å². The third-order valence-corrected chi connectivity index (χ3v) is 2.40. The van der Waals surface area contributed by atoms with Crippen molar-refractivity contribution in [2.24, 2.45) is 5.92 Å². The Kier molecular flexibility index (Phi) is 6.18. The van der Waals surface area contributed by atoms with E-state index in [0.717, 1.165) is 13.8 Å². The summed E-state index contributed by atoms with van der Waals surface area (Å²) < 4.78 is 60.2. The van der Waals surface area contributed by atoms with Gasteiger partial charge in [-0.05, 0) is 6.92 Å². The van der Waals surface area contributed by atoms with Crippen molar-refractivity contribution in [1.29, 1.82) is 0 Å². The van der Waals surface area contributed by atoms with E-state index in [0.29, 0.717) is 0 Å². The van der Waals surface area contributed by atoms with Crippen molar-refractivity contribution in [3.8, 4) is 0 Å². The normalized spacial score (nSPS) is 14.6. The van der Waals surface area contributed by atoms with E-state index in [1.165, 1.54) is 6.92 Å². The van der Waals surface area contributed by atoms with Crippen LogP contribution in [0.1, 0.15) is 20.8 Å². The Morgan fingerprint density at radius 3 is 1.90 bits per heavy atom. The molecule has 0 heterocycles. The molecule has 0 spiro atoms. The average Bonchev–Trinajstić information content (AvgIpc) is 2.30. The fraction of sp³-hybridized carbons (Fsp3) is 0.667. The molecule has 1 atom stereocenters. The number of hydrogen-bond donors (Lipinski definition) is 0. The second-order valence-electron chi connectivity index (χ2n) is 4.42. The maximum absolute atomic E-state index is 13.8. The smallest absolute Gasteiger partial charge is 0.433 e. The van der Waals surface area contributed by atoms with Gasteiger partial charge in [-0.25, -0.2) is 14.0 Å². The molecule has 0 N–H and O–H groups in total. The van der Waals surface area contributed by atoms with Gasteiger partial charge in [0.15, 0.2) is 0 Å². The van der Waals surface area contributed by atoms with Crippen molar-refractivity contribution in [2.75, 3.05) is 13.2 Å². The summed E-state index contributed by atoms with van der Waals surface area (Å²) in [5.74, 6) is -4.48. The van der Waals surface area contributed by atoms with Crippen LogP contribution >= 0.6 is 0 Å². The molecule has 116 valence electrons. The number of hydrogen-bond acceptors (Lipinski definition) is 4. The Hall–Kier alpha value is -1.60. The van der Waals surface area contributed by atoms with Crippen molar-refractivity contribution < 1.29 is 36.6 Å². The lowest BCUT2D eigenvalue weighted by molar-refractivity contribution is -0.251. The Bertz CT molecular complexity index is 389. The van der Waals surface area contributed by atoms with Crippen LogP contribution in [0.4, 0.5) is 17.6 Å². The van der Waals surface area contributed by atoms with E-state index in [1.54, 1.807) is 0 Å². The fourth-order valence-electron chi connectivity index (χ4n) is 1.18. The lowest BCUT2D eigenvalue weighted by Crippen LogP contribution is -2.53. The van der Waals surface area contributed by atoms with Crippen LogP contribution in [-0.4, -0.2) is 37.0 Å². The first-order valence-electron chi connectivity index (χ1n) is 5.70. The van der Waals surface area contributed by atoms with Gasteiger partial charge < -0.3 is 9.47 Å². The van der Waals surface area contributed by atoms with E-state index >= 15 is 0 Å². The summed E-state index contributed by atoms with van der Waals surface area (Å²) in [6, 6.07) is 0. The van der Waals surface area contributed by atoms with Gasteiger partial charge in [0.25, 0.3) is 0 Å². The predicted octanol–water partition coefficient (Wildman–Crippen LogP) is 2.58. The number of carbonyl (C=O) groups is 2. The number of halogens is 4. The highest BCUT2D eigenvalue weighted by atomic mass is 19.4. The summed E-state index contributed by atoms with van der Waals surface area (Å²) in [4.78, 5) is 22.2. The summed E-state index contributed by atoms with van der Waals surface area (Å²) in [6.07, 6.45) is -5.38. The second-order valence-corrected chi connectivity index (χ2v) is 4.42. The molecule has 8 heteroatoms. The van der Waals surface area contributed by atoms with E-state index in [9.17, 15) is 27.2 Å². The highest BCUT2D eigenvalue weighted by Crippen LogP contribution is 2.40. The van der Waals surface area contributed by atoms with Crippen LogP contribution < -0.4 is 0 Å². The molecular formula is C12H16F4O4. The molecule has 0 bridgehead atoms. The van der Waals surface area contributed by atoms with E-state index < -0.39 is 42.9 Å². The number of alkyl halides is 4. The molecule has 1 unspecified atom stereocenters. The zero-order chi connectivity index (χ0) is 16.1. The fourth-order valence-corrected chi connectivity index (χ4v) is 1.18. The summed E-state index contributed by atoms with van der Waals surface area (Å²) >= 11 is 0. The quantitative estimate of drug-likeness (QED) is 0.327. The third kappa shape index (κ3) is 4.21. The minimum absolute atomic E-state index is 0.0774. The van der Waals surface area contributed by atoms with Crippen LogP contribution in [0.2, 0.25) is 0 Å². The van der Waals surface area contributed by atoms with Gasteiger partial charge in [-0.15, -0.1) is 0 Å². The predicted molar refractivity (Wildman–Crippen MR) is 61.5 cm³/mol.